The molecule has 0 bridgehead atoms. The van der Waals surface area contributed by atoms with Gasteiger partial charge < -0.3 is 24.8 Å². The molecule has 1 saturated heterocycles. The zero-order valence-corrected chi connectivity index (χ0v) is 21.2. The largest absolute Gasteiger partial charge is 0.394 e. The average Bonchev–Trinajstić information content (AvgIpc) is 3.56. The van der Waals surface area contributed by atoms with Crippen LogP contribution in [0.1, 0.15) is 24.6 Å². The highest BCUT2D eigenvalue weighted by Gasteiger charge is 2.58. The van der Waals surface area contributed by atoms with Gasteiger partial charge in [0.1, 0.15) is 30.0 Å². The third-order valence-corrected chi connectivity index (χ3v) is 7.56. The number of hydrogen-bond acceptors (Lipinski definition) is 9. The van der Waals surface area contributed by atoms with Crippen molar-refractivity contribution in [2.75, 3.05) is 20.3 Å². The van der Waals surface area contributed by atoms with E-state index in [2.05, 4.69) is 20.6 Å². The van der Waals surface area contributed by atoms with Crippen molar-refractivity contribution in [3.8, 4) is 11.3 Å². The lowest BCUT2D eigenvalue weighted by atomic mass is 9.74. The van der Waals surface area contributed by atoms with E-state index in [9.17, 15) is 32.9 Å². The Morgan fingerprint density at radius 1 is 1.10 bits per heavy atom. The number of alkyl halides is 2. The zero-order valence-electron chi connectivity index (χ0n) is 20.5. The molecule has 1 aliphatic heterocycles. The fourth-order valence-electron chi connectivity index (χ4n) is 5.29. The van der Waals surface area contributed by atoms with Crippen LogP contribution in [0.2, 0.25) is 5.02 Å². The van der Waals surface area contributed by atoms with Crippen LogP contribution < -0.4 is 0 Å². The number of hydrogen-bond donors (Lipinski definition) is 3. The number of benzene rings is 1. The van der Waals surface area contributed by atoms with Gasteiger partial charge in [-0.05, 0) is 12.1 Å². The lowest BCUT2D eigenvalue weighted by Gasteiger charge is -2.45. The Labute approximate surface area is 223 Å². The van der Waals surface area contributed by atoms with Crippen molar-refractivity contribution in [1.82, 2.24) is 30.0 Å². The Kier molecular flexibility index (Phi) is 7.41. The molecule has 39 heavy (non-hydrogen) atoms. The van der Waals surface area contributed by atoms with Gasteiger partial charge in [-0.1, -0.05) is 22.0 Å². The number of halogens is 5. The third-order valence-electron chi connectivity index (χ3n) is 7.27. The molecule has 0 radical (unpaired) electrons. The van der Waals surface area contributed by atoms with Gasteiger partial charge >= 0.3 is 0 Å². The van der Waals surface area contributed by atoms with Crippen molar-refractivity contribution in [3.63, 3.8) is 0 Å². The van der Waals surface area contributed by atoms with Gasteiger partial charge in [0.2, 0.25) is 0 Å². The molecule has 3 N–H and O–H groups in total. The number of aliphatic hydroxyl groups excluding tert-OH is 3. The maximum Gasteiger partial charge on any atom is 0.253 e. The minimum absolute atomic E-state index is 0.0364. The van der Waals surface area contributed by atoms with E-state index in [4.69, 9.17) is 21.1 Å². The molecule has 1 saturated carbocycles. The topological polar surface area (TPSA) is 141 Å². The molecule has 5 rings (SSSR count). The minimum atomic E-state index is -2.91. The summed E-state index contributed by atoms with van der Waals surface area (Å²) in [5.74, 6) is -5.37. The lowest BCUT2D eigenvalue weighted by Crippen LogP contribution is -2.57. The van der Waals surface area contributed by atoms with E-state index in [0.717, 1.165) is 0 Å². The highest BCUT2D eigenvalue weighted by atomic mass is 35.5. The summed E-state index contributed by atoms with van der Waals surface area (Å²) >= 11 is 5.63. The molecule has 16 heteroatoms. The first-order valence-corrected chi connectivity index (χ1v) is 12.3. The Bertz CT molecular complexity index is 1330. The first kappa shape index (κ1) is 27.9. The first-order valence-electron chi connectivity index (χ1n) is 12.0. The van der Waals surface area contributed by atoms with Gasteiger partial charge in [-0.15, -0.1) is 10.2 Å². The summed E-state index contributed by atoms with van der Waals surface area (Å²) in [6, 6.07) is 1.42. The molecule has 1 aliphatic carbocycles. The van der Waals surface area contributed by atoms with E-state index in [-0.39, 0.29) is 17.7 Å². The minimum Gasteiger partial charge on any atom is -0.394 e. The summed E-state index contributed by atoms with van der Waals surface area (Å²) in [6.07, 6.45) is -2.57. The van der Waals surface area contributed by atoms with Gasteiger partial charge in [0.15, 0.2) is 11.6 Å². The fourth-order valence-corrected chi connectivity index (χ4v) is 5.43. The van der Waals surface area contributed by atoms with Crippen LogP contribution in [0.25, 0.3) is 11.3 Å². The van der Waals surface area contributed by atoms with Gasteiger partial charge in [-0.3, -0.25) is 0 Å². The lowest BCUT2D eigenvalue weighted by molar-refractivity contribution is -0.212. The average molecular weight is 577 g/mol. The van der Waals surface area contributed by atoms with E-state index in [1.807, 2.05) is 0 Å². The Hall–Kier alpha value is -2.69. The van der Waals surface area contributed by atoms with Crippen LogP contribution in [0, 0.1) is 11.6 Å². The van der Waals surface area contributed by atoms with Gasteiger partial charge in [-0.2, -0.15) is 0 Å². The monoisotopic (exact) mass is 576 g/mol. The molecule has 3 aromatic rings. The van der Waals surface area contributed by atoms with E-state index in [0.29, 0.717) is 5.69 Å². The molecular formula is C23H25ClF4N6O5. The summed E-state index contributed by atoms with van der Waals surface area (Å²) in [5.41, 5.74) is -1.17. The number of methoxy groups -OCH3 is 1. The van der Waals surface area contributed by atoms with Crippen LogP contribution >= 0.6 is 11.6 Å². The van der Waals surface area contributed by atoms with Gasteiger partial charge in [0, 0.05) is 38.1 Å². The molecule has 2 aromatic heterocycles. The SMILES string of the molecule is CO[C@@H]1[C@@H](n2cc(-c3ccc(Cl)c(F)c3F)nn2)[C@@H](O)[C@@H](CO)O[C@@H]1Cc1cn(C2(CO)CC(F)(F)C2)nn1. The van der Waals surface area contributed by atoms with Gasteiger partial charge in [-0.25, -0.2) is 26.9 Å². The van der Waals surface area contributed by atoms with Crippen molar-refractivity contribution in [2.24, 2.45) is 0 Å². The van der Waals surface area contributed by atoms with Crippen molar-refractivity contribution >= 4 is 11.6 Å². The molecule has 5 atom stereocenters. The molecule has 2 fully saturated rings. The molecular weight excluding hydrogens is 552 g/mol. The number of ether oxygens (including phenoxy) is 2. The highest BCUT2D eigenvalue weighted by molar-refractivity contribution is 6.30. The van der Waals surface area contributed by atoms with Crippen molar-refractivity contribution < 1.29 is 42.4 Å². The maximum atomic E-state index is 14.5. The van der Waals surface area contributed by atoms with Gasteiger partial charge in [0.25, 0.3) is 5.92 Å². The number of aromatic nitrogens is 6. The summed E-state index contributed by atoms with van der Waals surface area (Å²) in [7, 11) is 1.36. The Balaban J connectivity index is 1.41. The fraction of sp³-hybridized carbons (Fsp3) is 0.565. The zero-order chi connectivity index (χ0) is 28.1. The molecule has 0 unspecified atom stereocenters. The summed E-state index contributed by atoms with van der Waals surface area (Å²) in [5, 5.41) is 46.0. The quantitative estimate of drug-likeness (QED) is 0.269. The van der Waals surface area contributed by atoms with E-state index < -0.39 is 84.6 Å². The highest BCUT2D eigenvalue weighted by Crippen LogP contribution is 2.49. The van der Waals surface area contributed by atoms with Crippen LogP contribution in [0.3, 0.4) is 0 Å². The molecule has 3 heterocycles. The second-order valence-corrected chi connectivity index (χ2v) is 10.2. The van der Waals surface area contributed by atoms with Crippen LogP contribution in [-0.4, -0.2) is 96.0 Å². The second-order valence-electron chi connectivity index (χ2n) is 9.83. The third kappa shape index (κ3) is 4.91. The second kappa shape index (κ2) is 10.4. The molecule has 2 aliphatic rings. The van der Waals surface area contributed by atoms with Crippen LogP contribution in [0.4, 0.5) is 17.6 Å². The van der Waals surface area contributed by atoms with Gasteiger partial charge in [0.05, 0.1) is 41.8 Å². The molecule has 0 amide bonds. The number of aliphatic hydroxyl groups is 3. The first-order chi connectivity index (χ1) is 18.5. The predicted molar refractivity (Wildman–Crippen MR) is 125 cm³/mol. The van der Waals surface area contributed by atoms with E-state index >= 15 is 0 Å². The van der Waals surface area contributed by atoms with Crippen LogP contribution in [0.15, 0.2) is 24.5 Å². The summed E-state index contributed by atoms with van der Waals surface area (Å²) in [6.45, 7) is -1.11. The molecule has 212 valence electrons. The number of nitrogens with zero attached hydrogens (tertiary/aromatic N) is 6. The predicted octanol–water partition coefficient (Wildman–Crippen LogP) is 1.50. The summed E-state index contributed by atoms with van der Waals surface area (Å²) in [4.78, 5) is 0. The molecule has 11 nitrogen and oxygen atoms in total. The Morgan fingerprint density at radius 2 is 1.85 bits per heavy atom. The smallest absolute Gasteiger partial charge is 0.253 e. The maximum absolute atomic E-state index is 14.5. The van der Waals surface area contributed by atoms with E-state index in [1.165, 1.54) is 41.0 Å². The summed E-state index contributed by atoms with van der Waals surface area (Å²) < 4.78 is 69.6. The molecule has 0 spiro atoms. The Morgan fingerprint density at radius 3 is 2.49 bits per heavy atom. The van der Waals surface area contributed by atoms with Crippen LogP contribution in [0.5, 0.6) is 0 Å². The van der Waals surface area contributed by atoms with Crippen LogP contribution in [-0.2, 0) is 21.4 Å². The van der Waals surface area contributed by atoms with Crippen molar-refractivity contribution in [3.05, 3.63) is 46.9 Å². The van der Waals surface area contributed by atoms with Crippen molar-refractivity contribution in [2.45, 2.75) is 61.2 Å². The molecule has 1 aromatic carbocycles. The normalized spacial score (nSPS) is 27.9. The number of rotatable bonds is 8. The standard InChI is InChI=1S/C23H25ClF4N6O5/c1-38-21-15(4-11-5-34(32-29-11)22(10-36)8-23(27,28)9-22)39-16(7-35)20(37)19(21)33-6-14(30-31-33)12-2-3-13(24)18(26)17(12)25/h2-3,5-6,15-16,19-21,35-37H,4,7-10H2,1H3/t15-,16-,19+,20+,21+/m1/s1. The van der Waals surface area contributed by atoms with E-state index in [1.54, 1.807) is 0 Å². The van der Waals surface area contributed by atoms with Crippen molar-refractivity contribution in [1.29, 1.82) is 0 Å².